The Balaban J connectivity index is 2.82. The van der Waals surface area contributed by atoms with Gasteiger partial charge in [0.2, 0.25) is 0 Å². The van der Waals surface area contributed by atoms with Crippen molar-refractivity contribution in [1.82, 2.24) is 5.01 Å². The second-order valence-corrected chi connectivity index (χ2v) is 4.78. The second-order valence-electron chi connectivity index (χ2n) is 4.78. The Labute approximate surface area is 85.4 Å². The lowest BCUT2D eigenvalue weighted by molar-refractivity contribution is -0.107. The highest BCUT2D eigenvalue weighted by Gasteiger charge is 2.46. The van der Waals surface area contributed by atoms with Gasteiger partial charge in [-0.3, -0.25) is 0 Å². The van der Waals surface area contributed by atoms with Gasteiger partial charge in [-0.1, -0.05) is 20.8 Å². The molecule has 0 aromatic carbocycles. The summed E-state index contributed by atoms with van der Waals surface area (Å²) in [7, 11) is 0. The van der Waals surface area contributed by atoms with Gasteiger partial charge in [-0.25, -0.2) is 15.6 Å². The minimum Gasteiger partial charge on any atom is -0.442 e. The number of cyclic esters (lactones) is 1. The highest BCUT2D eigenvalue weighted by molar-refractivity contribution is 5.68. The van der Waals surface area contributed by atoms with Crippen molar-refractivity contribution in [3.8, 4) is 0 Å². The van der Waals surface area contributed by atoms with Gasteiger partial charge in [-0.05, 0) is 13.3 Å². The van der Waals surface area contributed by atoms with E-state index in [2.05, 4.69) is 20.8 Å². The first-order valence-corrected chi connectivity index (χ1v) is 5.07. The quantitative estimate of drug-likeness (QED) is 0.547. The third-order valence-electron chi connectivity index (χ3n) is 3.69. The molecule has 2 N–H and O–H groups in total. The van der Waals surface area contributed by atoms with Crippen molar-refractivity contribution in [2.24, 2.45) is 11.3 Å². The Kier molecular flexibility index (Phi) is 2.76. The maximum absolute atomic E-state index is 11.4. The molecule has 1 aliphatic rings. The molecule has 0 bridgehead atoms. The summed E-state index contributed by atoms with van der Waals surface area (Å²) >= 11 is 0. The van der Waals surface area contributed by atoms with E-state index in [-0.39, 0.29) is 5.41 Å². The van der Waals surface area contributed by atoms with E-state index >= 15 is 0 Å². The van der Waals surface area contributed by atoms with Crippen LogP contribution in [-0.4, -0.2) is 23.2 Å². The number of hydrazine groups is 1. The van der Waals surface area contributed by atoms with Crippen molar-refractivity contribution in [3.63, 3.8) is 0 Å². The number of nitrogens with zero attached hydrogens (tertiary/aromatic N) is 1. The van der Waals surface area contributed by atoms with Gasteiger partial charge in [-0.15, -0.1) is 0 Å². The minimum absolute atomic E-state index is 0.0100. The maximum atomic E-state index is 11.4. The number of ether oxygens (including phenoxy) is 1. The zero-order valence-electron chi connectivity index (χ0n) is 9.46. The molecule has 1 amide bonds. The minimum atomic E-state index is -0.416. The lowest BCUT2D eigenvalue weighted by Gasteiger charge is -2.46. The average molecular weight is 200 g/mol. The molecule has 0 aliphatic carbocycles. The van der Waals surface area contributed by atoms with Gasteiger partial charge in [0.15, 0.2) is 0 Å². The van der Waals surface area contributed by atoms with E-state index in [9.17, 15) is 4.79 Å². The van der Waals surface area contributed by atoms with Crippen LogP contribution in [0.25, 0.3) is 0 Å². The first-order valence-electron chi connectivity index (χ1n) is 5.07. The SMILES string of the molecule is CCC(C)(C)C1(C)CCN(N)C(=O)O1. The average Bonchev–Trinajstić information content (AvgIpc) is 2.12. The van der Waals surface area contributed by atoms with E-state index in [0.29, 0.717) is 6.54 Å². The van der Waals surface area contributed by atoms with Gasteiger partial charge in [0.1, 0.15) is 5.60 Å². The third kappa shape index (κ3) is 1.71. The molecule has 0 aromatic heterocycles. The van der Waals surface area contributed by atoms with Crippen LogP contribution in [0.15, 0.2) is 0 Å². The molecule has 1 rings (SSSR count). The molecule has 4 nitrogen and oxygen atoms in total. The molecule has 82 valence electrons. The fourth-order valence-corrected chi connectivity index (χ4v) is 1.58. The smallest absolute Gasteiger partial charge is 0.424 e. The largest absolute Gasteiger partial charge is 0.442 e. The summed E-state index contributed by atoms with van der Waals surface area (Å²) in [4.78, 5) is 11.4. The van der Waals surface area contributed by atoms with E-state index in [1.165, 1.54) is 0 Å². The summed E-state index contributed by atoms with van der Waals surface area (Å²) in [5, 5.41) is 1.13. The van der Waals surface area contributed by atoms with Crippen LogP contribution in [0.3, 0.4) is 0 Å². The number of hydrogen-bond donors (Lipinski definition) is 1. The van der Waals surface area contributed by atoms with Gasteiger partial charge < -0.3 is 4.74 Å². The third-order valence-corrected chi connectivity index (χ3v) is 3.69. The molecule has 0 saturated carbocycles. The molecule has 1 atom stereocenters. The Morgan fingerprint density at radius 1 is 1.64 bits per heavy atom. The number of carbonyl (C=O) groups excluding carboxylic acids is 1. The zero-order chi connectivity index (χ0) is 11.0. The number of rotatable bonds is 2. The van der Waals surface area contributed by atoms with Crippen LogP contribution >= 0.6 is 0 Å². The van der Waals surface area contributed by atoms with Crippen molar-refractivity contribution in [3.05, 3.63) is 0 Å². The first kappa shape index (κ1) is 11.3. The normalized spacial score (nSPS) is 28.9. The highest BCUT2D eigenvalue weighted by atomic mass is 16.6. The maximum Gasteiger partial charge on any atom is 0.424 e. The lowest BCUT2D eigenvalue weighted by atomic mass is 9.71. The lowest BCUT2D eigenvalue weighted by Crippen LogP contribution is -2.56. The number of hydrogen-bond acceptors (Lipinski definition) is 3. The van der Waals surface area contributed by atoms with Crippen LogP contribution in [0.5, 0.6) is 0 Å². The van der Waals surface area contributed by atoms with Crippen molar-refractivity contribution in [2.45, 2.75) is 46.1 Å². The van der Waals surface area contributed by atoms with Crippen molar-refractivity contribution in [1.29, 1.82) is 0 Å². The van der Waals surface area contributed by atoms with Gasteiger partial charge in [0.25, 0.3) is 0 Å². The summed E-state index contributed by atoms with van der Waals surface area (Å²) in [6.07, 6.45) is 1.34. The Morgan fingerprint density at radius 3 is 2.64 bits per heavy atom. The topological polar surface area (TPSA) is 55.6 Å². The molecular weight excluding hydrogens is 180 g/mol. The van der Waals surface area contributed by atoms with Gasteiger partial charge in [-0.2, -0.15) is 0 Å². The molecule has 1 fully saturated rings. The zero-order valence-corrected chi connectivity index (χ0v) is 9.46. The summed E-state index contributed by atoms with van der Waals surface area (Å²) in [5.41, 5.74) is -0.404. The Hall–Kier alpha value is -0.770. The van der Waals surface area contributed by atoms with Crippen LogP contribution in [0, 0.1) is 5.41 Å². The standard InChI is InChI=1S/C10H20N2O2/c1-5-9(2,3)10(4)6-7-12(11)8(13)14-10/h5-7,11H2,1-4H3. The van der Waals surface area contributed by atoms with E-state index in [1.807, 2.05) is 6.92 Å². The summed E-state index contributed by atoms with van der Waals surface area (Å²) in [5.74, 6) is 5.44. The predicted molar refractivity (Wildman–Crippen MR) is 54.5 cm³/mol. The molecule has 4 heteroatoms. The van der Waals surface area contributed by atoms with Gasteiger partial charge in [0, 0.05) is 18.4 Å². The monoisotopic (exact) mass is 200 g/mol. The molecular formula is C10H20N2O2. The molecule has 1 aliphatic heterocycles. The number of amides is 1. The summed E-state index contributed by atoms with van der Waals surface area (Å²) in [6.45, 7) is 8.90. The molecule has 1 saturated heterocycles. The van der Waals surface area contributed by atoms with Crippen molar-refractivity contribution < 1.29 is 9.53 Å². The number of nitrogens with two attached hydrogens (primary N) is 1. The van der Waals surface area contributed by atoms with E-state index < -0.39 is 11.7 Å². The molecule has 14 heavy (non-hydrogen) atoms. The van der Waals surface area contributed by atoms with Gasteiger partial charge in [0.05, 0.1) is 0 Å². The van der Waals surface area contributed by atoms with Crippen molar-refractivity contribution >= 4 is 6.09 Å². The Bertz CT molecular complexity index is 240. The fourth-order valence-electron chi connectivity index (χ4n) is 1.58. The summed E-state index contributed by atoms with van der Waals surface area (Å²) < 4.78 is 5.40. The molecule has 0 spiro atoms. The molecule has 1 unspecified atom stereocenters. The molecule has 0 radical (unpaired) electrons. The van der Waals surface area contributed by atoms with Gasteiger partial charge >= 0.3 is 6.09 Å². The molecule has 0 aromatic rings. The van der Waals surface area contributed by atoms with E-state index in [0.717, 1.165) is 17.9 Å². The van der Waals surface area contributed by atoms with Crippen LogP contribution in [0.4, 0.5) is 4.79 Å². The highest BCUT2D eigenvalue weighted by Crippen LogP contribution is 2.41. The van der Waals surface area contributed by atoms with E-state index in [4.69, 9.17) is 10.6 Å². The number of carbonyl (C=O) groups is 1. The first-order chi connectivity index (χ1) is 6.32. The predicted octanol–water partition coefficient (Wildman–Crippen LogP) is 1.90. The second kappa shape index (κ2) is 3.42. The Morgan fingerprint density at radius 2 is 2.21 bits per heavy atom. The van der Waals surface area contributed by atoms with Crippen LogP contribution in [-0.2, 0) is 4.74 Å². The van der Waals surface area contributed by atoms with Crippen LogP contribution in [0.1, 0.15) is 40.5 Å². The molecule has 1 heterocycles. The van der Waals surface area contributed by atoms with Crippen molar-refractivity contribution in [2.75, 3.05) is 6.54 Å². The van der Waals surface area contributed by atoms with E-state index in [1.54, 1.807) is 0 Å². The summed E-state index contributed by atoms with van der Waals surface area (Å²) in [6, 6.07) is 0. The van der Waals surface area contributed by atoms with Crippen LogP contribution in [0.2, 0.25) is 0 Å². The van der Waals surface area contributed by atoms with Crippen LogP contribution < -0.4 is 5.84 Å². The fraction of sp³-hybridized carbons (Fsp3) is 0.900.